The first-order chi connectivity index (χ1) is 9.54. The lowest BCUT2D eigenvalue weighted by Gasteiger charge is -2.11. The van der Waals surface area contributed by atoms with Gasteiger partial charge in [0.05, 0.1) is 5.52 Å². The van der Waals surface area contributed by atoms with Crippen molar-refractivity contribution in [3.05, 3.63) is 28.0 Å². The van der Waals surface area contributed by atoms with Gasteiger partial charge in [-0.1, -0.05) is 0 Å². The number of fused-ring (bicyclic) bond motifs is 2. The van der Waals surface area contributed by atoms with Crippen molar-refractivity contribution in [3.8, 4) is 11.5 Å². The number of rotatable bonds is 2. The molecule has 7 heteroatoms. The van der Waals surface area contributed by atoms with Gasteiger partial charge in [-0.3, -0.25) is 4.79 Å². The van der Waals surface area contributed by atoms with E-state index < -0.39 is 11.4 Å². The standard InChI is InChI=1S/C13H12N2O5/c1-2-15-4-6(13(17)18)11(16)9-7(15)3-8-12(10(9)14)20-5-19-8/h3-4H,2,5,14H2,1H3,(H,17,18)/p+1. The van der Waals surface area contributed by atoms with Gasteiger partial charge in [-0.05, 0) is 6.92 Å². The Morgan fingerprint density at radius 2 is 2.25 bits per heavy atom. The fourth-order valence-corrected chi connectivity index (χ4v) is 2.41. The van der Waals surface area contributed by atoms with Gasteiger partial charge in [-0.2, -0.15) is 0 Å². The topological polar surface area (TPSA) is 105 Å². The van der Waals surface area contributed by atoms with Crippen LogP contribution in [0.25, 0.3) is 10.9 Å². The minimum Gasteiger partial charge on any atom is -0.477 e. The maximum absolute atomic E-state index is 12.3. The monoisotopic (exact) mass is 277 g/mol. The summed E-state index contributed by atoms with van der Waals surface area (Å²) < 4.78 is 12.3. The van der Waals surface area contributed by atoms with Crippen molar-refractivity contribution in [1.82, 2.24) is 4.57 Å². The highest BCUT2D eigenvalue weighted by Gasteiger charge is 2.26. The summed E-state index contributed by atoms with van der Waals surface area (Å²) in [6, 6.07) is 1.68. The Labute approximate surface area is 113 Å². The molecule has 4 N–H and O–H groups in total. The third kappa shape index (κ3) is 1.56. The lowest BCUT2D eigenvalue weighted by Crippen LogP contribution is -2.42. The zero-order valence-corrected chi connectivity index (χ0v) is 10.8. The van der Waals surface area contributed by atoms with Crippen LogP contribution in [-0.2, 0) is 6.54 Å². The number of carboxylic acid groups (broad SMARTS) is 1. The van der Waals surface area contributed by atoms with Crippen molar-refractivity contribution >= 4 is 22.6 Å². The largest absolute Gasteiger partial charge is 0.477 e. The molecule has 1 aliphatic heterocycles. The number of hydrogen-bond acceptors (Lipinski definition) is 4. The van der Waals surface area contributed by atoms with Crippen molar-refractivity contribution in [3.63, 3.8) is 0 Å². The molecule has 0 fully saturated rings. The molecule has 2 heterocycles. The maximum atomic E-state index is 12.3. The highest BCUT2D eigenvalue weighted by atomic mass is 16.7. The highest BCUT2D eigenvalue weighted by Crippen LogP contribution is 2.40. The van der Waals surface area contributed by atoms with Gasteiger partial charge in [-0.25, -0.2) is 4.79 Å². The van der Waals surface area contributed by atoms with E-state index in [1.807, 2.05) is 6.92 Å². The third-order valence-corrected chi connectivity index (χ3v) is 3.38. The lowest BCUT2D eigenvalue weighted by atomic mass is 10.1. The number of hydrogen-bond donors (Lipinski definition) is 2. The Balaban J connectivity index is 2.51. The van der Waals surface area contributed by atoms with Crippen LogP contribution in [-0.4, -0.2) is 22.4 Å². The number of aryl methyl sites for hydroxylation is 1. The Morgan fingerprint density at radius 1 is 1.50 bits per heavy atom. The molecule has 0 atom stereocenters. The summed E-state index contributed by atoms with van der Waals surface area (Å²) in [5.74, 6) is -0.330. The van der Waals surface area contributed by atoms with E-state index >= 15 is 0 Å². The second-order valence-corrected chi connectivity index (χ2v) is 4.45. The van der Waals surface area contributed by atoms with E-state index in [0.717, 1.165) is 0 Å². The number of pyridine rings is 1. The first kappa shape index (κ1) is 12.5. The quantitative estimate of drug-likeness (QED) is 0.822. The predicted molar refractivity (Wildman–Crippen MR) is 69.5 cm³/mol. The zero-order valence-electron chi connectivity index (χ0n) is 10.8. The second-order valence-electron chi connectivity index (χ2n) is 4.45. The Kier molecular flexibility index (Phi) is 2.65. The fraction of sp³-hybridized carbons (Fsp3) is 0.231. The van der Waals surface area contributed by atoms with Crippen LogP contribution in [0.2, 0.25) is 0 Å². The Bertz CT molecular complexity index is 794. The van der Waals surface area contributed by atoms with Gasteiger partial charge in [-0.15, -0.1) is 0 Å². The van der Waals surface area contributed by atoms with Gasteiger partial charge in [0, 0.05) is 18.8 Å². The molecule has 1 aliphatic rings. The van der Waals surface area contributed by atoms with Gasteiger partial charge >= 0.3 is 5.97 Å². The van der Waals surface area contributed by atoms with E-state index in [2.05, 4.69) is 5.73 Å². The van der Waals surface area contributed by atoms with Crippen LogP contribution in [0, 0.1) is 0 Å². The molecule has 7 nitrogen and oxygen atoms in total. The normalized spacial score (nSPS) is 12.9. The molecule has 0 unspecified atom stereocenters. The SMILES string of the molecule is CCn1cc(C(=O)O)c(=O)c2c([NH3+])c3c(cc21)OCO3. The summed E-state index contributed by atoms with van der Waals surface area (Å²) in [6.07, 6.45) is 1.34. The summed E-state index contributed by atoms with van der Waals surface area (Å²) in [5, 5.41) is 9.40. The first-order valence-electron chi connectivity index (χ1n) is 6.09. The number of benzene rings is 1. The van der Waals surface area contributed by atoms with Crippen LogP contribution < -0.4 is 20.6 Å². The Hall–Kier alpha value is -2.54. The summed E-state index contributed by atoms with van der Waals surface area (Å²) in [7, 11) is 0. The van der Waals surface area contributed by atoms with E-state index in [1.54, 1.807) is 10.6 Å². The van der Waals surface area contributed by atoms with Crippen molar-refractivity contribution in [2.75, 3.05) is 6.79 Å². The third-order valence-electron chi connectivity index (χ3n) is 3.38. The smallest absolute Gasteiger partial charge is 0.341 e. The molecule has 1 aromatic carbocycles. The van der Waals surface area contributed by atoms with E-state index in [1.165, 1.54) is 6.20 Å². The number of aromatic nitrogens is 1. The average molecular weight is 277 g/mol. The summed E-state index contributed by atoms with van der Waals surface area (Å²) in [6.45, 7) is 2.46. The van der Waals surface area contributed by atoms with Crippen molar-refractivity contribution in [2.24, 2.45) is 0 Å². The molecule has 0 spiro atoms. The summed E-state index contributed by atoms with van der Waals surface area (Å²) in [5.41, 5.74) is 3.98. The molecule has 0 saturated heterocycles. The van der Waals surface area contributed by atoms with Crippen LogP contribution in [0.15, 0.2) is 17.1 Å². The molecule has 1 aromatic heterocycles. The molecular formula is C13H13N2O5+. The van der Waals surface area contributed by atoms with Crippen LogP contribution in [0.1, 0.15) is 17.3 Å². The van der Waals surface area contributed by atoms with Gasteiger partial charge in [0.25, 0.3) is 0 Å². The van der Waals surface area contributed by atoms with Crippen molar-refractivity contribution in [1.29, 1.82) is 0 Å². The van der Waals surface area contributed by atoms with Crippen molar-refractivity contribution < 1.29 is 25.1 Å². The zero-order chi connectivity index (χ0) is 14.4. The number of quaternary nitrogens is 1. The molecule has 104 valence electrons. The molecule has 0 aliphatic carbocycles. The lowest BCUT2D eigenvalue weighted by molar-refractivity contribution is -0.254. The van der Waals surface area contributed by atoms with Crippen LogP contribution in [0.3, 0.4) is 0 Å². The molecule has 0 amide bonds. The number of aromatic carboxylic acids is 1. The molecule has 20 heavy (non-hydrogen) atoms. The summed E-state index contributed by atoms with van der Waals surface area (Å²) >= 11 is 0. The predicted octanol–water partition coefficient (Wildman–Crippen LogP) is 0.322. The first-order valence-corrected chi connectivity index (χ1v) is 6.09. The van der Waals surface area contributed by atoms with Gasteiger partial charge in [0.1, 0.15) is 10.9 Å². The second kappa shape index (κ2) is 4.24. The van der Waals surface area contributed by atoms with E-state index in [-0.39, 0.29) is 17.7 Å². The van der Waals surface area contributed by atoms with Gasteiger partial charge in [0.2, 0.25) is 18.0 Å². The fourth-order valence-electron chi connectivity index (χ4n) is 2.41. The van der Waals surface area contributed by atoms with Crippen molar-refractivity contribution in [2.45, 2.75) is 13.5 Å². The number of ether oxygens (including phenoxy) is 2. The van der Waals surface area contributed by atoms with E-state index in [9.17, 15) is 9.59 Å². The minimum atomic E-state index is -1.25. The van der Waals surface area contributed by atoms with E-state index in [4.69, 9.17) is 14.6 Å². The highest BCUT2D eigenvalue weighted by molar-refractivity contribution is 5.98. The minimum absolute atomic E-state index is 0.0697. The molecule has 0 saturated carbocycles. The number of carboxylic acids is 1. The molecule has 2 aromatic rings. The molecular weight excluding hydrogens is 264 g/mol. The van der Waals surface area contributed by atoms with Gasteiger partial charge in [0.15, 0.2) is 11.4 Å². The van der Waals surface area contributed by atoms with Gasteiger partial charge < -0.3 is 24.9 Å². The summed E-state index contributed by atoms with van der Waals surface area (Å²) in [4.78, 5) is 23.5. The van der Waals surface area contributed by atoms with Crippen LogP contribution in [0.4, 0.5) is 5.69 Å². The number of nitrogens with zero attached hydrogens (tertiary/aromatic N) is 1. The number of carbonyl (C=O) groups is 1. The van der Waals surface area contributed by atoms with E-state index in [0.29, 0.717) is 29.2 Å². The molecule has 3 rings (SSSR count). The Morgan fingerprint density at radius 3 is 2.90 bits per heavy atom. The molecule has 0 radical (unpaired) electrons. The van der Waals surface area contributed by atoms with Crippen LogP contribution in [0.5, 0.6) is 11.5 Å². The van der Waals surface area contributed by atoms with Crippen LogP contribution >= 0.6 is 0 Å². The molecule has 0 bridgehead atoms. The maximum Gasteiger partial charge on any atom is 0.341 e. The average Bonchev–Trinajstić information content (AvgIpc) is 2.87.